The summed E-state index contributed by atoms with van der Waals surface area (Å²) in [7, 11) is 0. The zero-order valence-electron chi connectivity index (χ0n) is 14.8. The van der Waals surface area contributed by atoms with Crippen LogP contribution in [-0.4, -0.2) is 30.5 Å². The molecule has 4 rings (SSSR count). The fourth-order valence-electron chi connectivity index (χ4n) is 2.87. The Bertz CT molecular complexity index is 1130. The predicted molar refractivity (Wildman–Crippen MR) is 97.9 cm³/mol. The summed E-state index contributed by atoms with van der Waals surface area (Å²) in [6.45, 7) is 5.72. The van der Waals surface area contributed by atoms with Crippen LogP contribution in [0.3, 0.4) is 0 Å². The minimum Gasteiger partial charge on any atom is -0.342 e. The van der Waals surface area contributed by atoms with Crippen molar-refractivity contribution in [1.29, 1.82) is 0 Å². The molecule has 0 saturated heterocycles. The van der Waals surface area contributed by atoms with E-state index in [2.05, 4.69) is 25.5 Å². The second-order valence-corrected chi connectivity index (χ2v) is 6.28. The zero-order chi connectivity index (χ0) is 18.3. The van der Waals surface area contributed by atoms with Crippen LogP contribution in [0.5, 0.6) is 0 Å². The van der Waals surface area contributed by atoms with Crippen LogP contribution in [0.1, 0.15) is 40.5 Å². The topological polar surface area (TPSA) is 85.1 Å². The second kappa shape index (κ2) is 6.18. The van der Waals surface area contributed by atoms with Crippen LogP contribution in [0.4, 0.5) is 0 Å². The Kier molecular flexibility index (Phi) is 3.84. The molecule has 0 fully saturated rings. The number of hydrogen-bond donors (Lipinski definition) is 1. The van der Waals surface area contributed by atoms with E-state index < -0.39 is 0 Å². The third-order valence-corrected chi connectivity index (χ3v) is 4.41. The molecule has 1 aromatic carbocycles. The molecule has 0 aliphatic heterocycles. The van der Waals surface area contributed by atoms with Gasteiger partial charge in [-0.15, -0.1) is 10.2 Å². The van der Waals surface area contributed by atoms with Crippen LogP contribution in [0.25, 0.3) is 16.7 Å². The molecule has 3 aromatic heterocycles. The van der Waals surface area contributed by atoms with Gasteiger partial charge < -0.3 is 5.32 Å². The maximum Gasteiger partial charge on any atom is 0.251 e. The lowest BCUT2D eigenvalue weighted by atomic mass is 10.1. The summed E-state index contributed by atoms with van der Waals surface area (Å²) in [4.78, 5) is 21.7. The van der Waals surface area contributed by atoms with E-state index in [1.807, 2.05) is 55.6 Å². The average molecular weight is 346 g/mol. The first kappa shape index (κ1) is 16.1. The lowest BCUT2D eigenvalue weighted by Crippen LogP contribution is -2.28. The predicted octanol–water partition coefficient (Wildman–Crippen LogP) is 2.78. The third-order valence-electron chi connectivity index (χ3n) is 4.41. The van der Waals surface area contributed by atoms with E-state index in [0.717, 1.165) is 22.6 Å². The average Bonchev–Trinajstić information content (AvgIpc) is 3.06. The van der Waals surface area contributed by atoms with Crippen molar-refractivity contribution in [1.82, 2.24) is 29.9 Å². The molecule has 3 heterocycles. The van der Waals surface area contributed by atoms with E-state index in [4.69, 9.17) is 0 Å². The summed E-state index contributed by atoms with van der Waals surface area (Å²) >= 11 is 0. The molecule has 0 unspecified atom stereocenters. The molecule has 0 bridgehead atoms. The fourth-order valence-corrected chi connectivity index (χ4v) is 2.87. The van der Waals surface area contributed by atoms with Gasteiger partial charge in [-0.3, -0.25) is 9.20 Å². The molecule has 0 aliphatic carbocycles. The van der Waals surface area contributed by atoms with Gasteiger partial charge in [-0.05, 0) is 51.1 Å². The number of nitrogens with zero attached hydrogens (tertiary/aromatic N) is 5. The van der Waals surface area contributed by atoms with Gasteiger partial charge in [0.1, 0.15) is 0 Å². The first-order chi connectivity index (χ1) is 12.5. The van der Waals surface area contributed by atoms with Crippen molar-refractivity contribution in [3.05, 3.63) is 65.4 Å². The van der Waals surface area contributed by atoms with E-state index in [1.54, 1.807) is 12.1 Å². The van der Waals surface area contributed by atoms with Crippen LogP contribution >= 0.6 is 0 Å². The quantitative estimate of drug-likeness (QED) is 0.616. The number of fused-ring (bicyclic) bond motifs is 2. The van der Waals surface area contributed by atoms with E-state index >= 15 is 0 Å². The first-order valence-electron chi connectivity index (χ1n) is 8.38. The molecule has 0 radical (unpaired) electrons. The van der Waals surface area contributed by atoms with Gasteiger partial charge in [0.25, 0.3) is 5.91 Å². The third kappa shape index (κ3) is 2.77. The summed E-state index contributed by atoms with van der Waals surface area (Å²) < 4.78 is 1.86. The number of carbonyl (C=O) groups excluding carboxylic acids is 1. The molecule has 1 N–H and O–H groups in total. The molecule has 1 amide bonds. The Balaban J connectivity index is 1.61. The van der Waals surface area contributed by atoms with E-state index in [-0.39, 0.29) is 11.9 Å². The summed E-state index contributed by atoms with van der Waals surface area (Å²) in [5.74, 6) is 0.494. The minimum atomic E-state index is -0.290. The van der Waals surface area contributed by atoms with Gasteiger partial charge >= 0.3 is 0 Å². The van der Waals surface area contributed by atoms with Gasteiger partial charge in [0.05, 0.1) is 28.5 Å². The van der Waals surface area contributed by atoms with Gasteiger partial charge in [-0.1, -0.05) is 6.07 Å². The Morgan fingerprint density at radius 3 is 2.62 bits per heavy atom. The highest BCUT2D eigenvalue weighted by Gasteiger charge is 2.17. The van der Waals surface area contributed by atoms with Gasteiger partial charge in [-0.2, -0.15) is 0 Å². The highest BCUT2D eigenvalue weighted by atomic mass is 16.1. The number of aryl methyl sites for hydroxylation is 2. The molecule has 0 aliphatic rings. The standard InChI is InChI=1S/C19H18N6O/c1-11-12(2)21-16-10-14(7-8-15(16)20-11)19(26)22-13(3)18-24-23-17-6-4-5-9-25(17)18/h4-10,13H,1-3H3,(H,22,26)/t13-/m1/s1. The molecule has 26 heavy (non-hydrogen) atoms. The molecule has 1 atom stereocenters. The van der Waals surface area contributed by atoms with Crippen molar-refractivity contribution < 1.29 is 4.79 Å². The normalized spacial score (nSPS) is 12.4. The van der Waals surface area contributed by atoms with Crippen LogP contribution in [-0.2, 0) is 0 Å². The van der Waals surface area contributed by atoms with Crippen molar-refractivity contribution in [2.45, 2.75) is 26.8 Å². The minimum absolute atomic E-state index is 0.188. The second-order valence-electron chi connectivity index (χ2n) is 6.28. The molecular weight excluding hydrogens is 328 g/mol. The van der Waals surface area contributed by atoms with Crippen LogP contribution in [0.15, 0.2) is 42.6 Å². The van der Waals surface area contributed by atoms with Crippen molar-refractivity contribution in [3.63, 3.8) is 0 Å². The number of pyridine rings is 1. The molecule has 0 spiro atoms. The smallest absolute Gasteiger partial charge is 0.251 e. The van der Waals surface area contributed by atoms with E-state index in [0.29, 0.717) is 16.9 Å². The molecule has 7 heteroatoms. The number of amides is 1. The summed E-state index contributed by atoms with van der Waals surface area (Å²) in [6.07, 6.45) is 1.88. The van der Waals surface area contributed by atoms with Gasteiger partial charge in [-0.25, -0.2) is 9.97 Å². The summed E-state index contributed by atoms with van der Waals surface area (Å²) in [5.41, 5.74) is 4.52. The highest BCUT2D eigenvalue weighted by Crippen LogP contribution is 2.16. The molecule has 7 nitrogen and oxygen atoms in total. The SMILES string of the molecule is Cc1nc2ccc(C(=O)N[C@H](C)c3nnc4ccccn34)cc2nc1C. The Morgan fingerprint density at radius 1 is 1.04 bits per heavy atom. The highest BCUT2D eigenvalue weighted by molar-refractivity contribution is 5.97. The van der Waals surface area contributed by atoms with Crippen molar-refractivity contribution in [2.24, 2.45) is 0 Å². The van der Waals surface area contributed by atoms with Crippen LogP contribution in [0, 0.1) is 13.8 Å². The number of hydrogen-bond acceptors (Lipinski definition) is 5. The van der Waals surface area contributed by atoms with Crippen LogP contribution in [0.2, 0.25) is 0 Å². The Morgan fingerprint density at radius 2 is 1.81 bits per heavy atom. The first-order valence-corrected chi connectivity index (χ1v) is 8.38. The molecule has 130 valence electrons. The fraction of sp³-hybridized carbons (Fsp3) is 0.211. The summed E-state index contributed by atoms with van der Waals surface area (Å²) in [6, 6.07) is 10.7. The summed E-state index contributed by atoms with van der Waals surface area (Å²) in [5, 5.41) is 11.3. The Labute approximate surface area is 150 Å². The van der Waals surface area contributed by atoms with Crippen molar-refractivity contribution in [2.75, 3.05) is 0 Å². The van der Waals surface area contributed by atoms with Crippen LogP contribution < -0.4 is 5.32 Å². The molecular formula is C19H18N6O. The maximum absolute atomic E-state index is 12.7. The monoisotopic (exact) mass is 346 g/mol. The van der Waals surface area contributed by atoms with Crippen molar-refractivity contribution >= 4 is 22.6 Å². The zero-order valence-corrected chi connectivity index (χ0v) is 14.8. The lowest BCUT2D eigenvalue weighted by molar-refractivity contribution is 0.0938. The Hall–Kier alpha value is -3.35. The van der Waals surface area contributed by atoms with Gasteiger partial charge in [0, 0.05) is 11.8 Å². The van der Waals surface area contributed by atoms with E-state index in [9.17, 15) is 4.79 Å². The lowest BCUT2D eigenvalue weighted by Gasteiger charge is -2.13. The van der Waals surface area contributed by atoms with E-state index in [1.165, 1.54) is 0 Å². The number of aromatic nitrogens is 5. The number of rotatable bonds is 3. The number of benzene rings is 1. The maximum atomic E-state index is 12.7. The molecule has 0 saturated carbocycles. The largest absolute Gasteiger partial charge is 0.342 e. The van der Waals surface area contributed by atoms with Gasteiger partial charge in [0.2, 0.25) is 0 Å². The van der Waals surface area contributed by atoms with Gasteiger partial charge in [0.15, 0.2) is 11.5 Å². The molecule has 4 aromatic rings. The number of carbonyl (C=O) groups is 1. The number of nitrogens with one attached hydrogen (secondary N) is 1. The van der Waals surface area contributed by atoms with Crippen molar-refractivity contribution in [3.8, 4) is 0 Å².